The Hall–Kier alpha value is -6.02. The van der Waals surface area contributed by atoms with Gasteiger partial charge in [0, 0.05) is 78.6 Å². The minimum Gasteiger partial charge on any atom is -0.511 e. The van der Waals surface area contributed by atoms with Gasteiger partial charge in [-0.3, -0.25) is 9.59 Å². The van der Waals surface area contributed by atoms with E-state index in [9.17, 15) is 24.6 Å². The number of nitrogens with zero attached hydrogens (tertiary/aromatic N) is 3. The van der Waals surface area contributed by atoms with Gasteiger partial charge in [0.15, 0.2) is 0 Å². The number of hydrogen-bond acceptors (Lipinski definition) is 15. The average Bonchev–Trinajstić information content (AvgIpc) is 4.15. The largest absolute Gasteiger partial charge is 0.511 e. The number of unbranched alkanes of at least 4 members (excludes halogenated alkanes) is 1. The zero-order valence-corrected chi connectivity index (χ0v) is 44.9. The summed E-state index contributed by atoms with van der Waals surface area (Å²) in [5.41, 5.74) is 18.7. The Balaban J connectivity index is 0.922. The third kappa shape index (κ3) is 16.0. The van der Waals surface area contributed by atoms with Crippen molar-refractivity contribution in [1.82, 2.24) is 21.3 Å². The summed E-state index contributed by atoms with van der Waals surface area (Å²) in [5.74, 6) is -1.58. The topological polar surface area (TPSA) is 249 Å². The molecule has 8 N–H and O–H groups in total. The smallest absolute Gasteiger partial charge is 0.326 e. The molecule has 1 aliphatic carbocycles. The first-order valence-corrected chi connectivity index (χ1v) is 26.7. The fourth-order valence-corrected chi connectivity index (χ4v) is 9.76. The molecule has 18 heteroatoms. The zero-order chi connectivity index (χ0) is 53.9. The number of carboxylic acid groups (broad SMARTS) is 1. The molecule has 0 spiro atoms. The van der Waals surface area contributed by atoms with Crippen LogP contribution in [0.3, 0.4) is 0 Å². The van der Waals surface area contributed by atoms with Gasteiger partial charge in [-0.2, -0.15) is 0 Å². The number of hydrogen-bond donors (Lipinski definition) is 7. The number of aliphatic imine (C=N–C) groups is 3. The van der Waals surface area contributed by atoms with Crippen molar-refractivity contribution in [3.8, 4) is 0 Å². The molecule has 3 unspecified atom stereocenters. The highest BCUT2D eigenvalue weighted by molar-refractivity contribution is 6.21. The summed E-state index contributed by atoms with van der Waals surface area (Å²) in [4.78, 5) is 53.3. The molecular formula is C57H80N8O10. The van der Waals surface area contributed by atoms with Gasteiger partial charge in [0.25, 0.3) is 0 Å². The minimum absolute atomic E-state index is 0.00476. The maximum Gasteiger partial charge on any atom is 0.326 e. The Morgan fingerprint density at radius 3 is 2.29 bits per heavy atom. The third-order valence-electron chi connectivity index (χ3n) is 14.1. The van der Waals surface area contributed by atoms with Crippen LogP contribution >= 0.6 is 0 Å². The molecule has 6 aliphatic rings. The van der Waals surface area contributed by atoms with E-state index in [4.69, 9.17) is 44.4 Å². The van der Waals surface area contributed by atoms with Gasteiger partial charge in [-0.25, -0.2) is 19.8 Å². The molecule has 5 aliphatic heterocycles. The van der Waals surface area contributed by atoms with E-state index < -0.39 is 12.0 Å². The molecule has 2 amide bonds. The lowest BCUT2D eigenvalue weighted by atomic mass is 9.86. The quantitative estimate of drug-likeness (QED) is 0.0265. The molecule has 1 fully saturated rings. The Kier molecular flexibility index (Phi) is 22.8. The predicted molar refractivity (Wildman–Crippen MR) is 292 cm³/mol. The van der Waals surface area contributed by atoms with E-state index in [1.807, 2.05) is 45.1 Å². The van der Waals surface area contributed by atoms with Gasteiger partial charge in [-0.05, 0) is 132 Å². The first-order chi connectivity index (χ1) is 36.3. The second kappa shape index (κ2) is 29.3. The second-order valence-electron chi connectivity index (χ2n) is 19.4. The predicted octanol–water partition coefficient (Wildman–Crippen LogP) is 6.79. The van der Waals surface area contributed by atoms with Gasteiger partial charge >= 0.3 is 5.97 Å². The van der Waals surface area contributed by atoms with Crippen molar-refractivity contribution in [1.29, 1.82) is 0 Å². The first-order valence-electron chi connectivity index (χ1n) is 26.7. The van der Waals surface area contributed by atoms with Crippen LogP contribution in [0.15, 0.2) is 131 Å². The number of aliphatic hydroxyl groups excluding tert-OH is 1. The summed E-state index contributed by atoms with van der Waals surface area (Å²) < 4.78 is 27.2. The Morgan fingerprint density at radius 2 is 1.57 bits per heavy atom. The number of aliphatic hydroxyl groups is 1. The molecule has 1 saturated heterocycles. The maximum absolute atomic E-state index is 13.6. The minimum atomic E-state index is -1.07. The molecule has 6 rings (SSSR count). The highest BCUT2D eigenvalue weighted by Crippen LogP contribution is 2.46. The van der Waals surface area contributed by atoms with E-state index in [1.165, 1.54) is 0 Å². The van der Waals surface area contributed by atoms with Gasteiger partial charge in [0.1, 0.15) is 25.0 Å². The number of rotatable bonds is 33. The number of allylic oxidation sites excluding steroid dienone is 12. The van der Waals surface area contributed by atoms with Crippen molar-refractivity contribution < 1.29 is 48.3 Å². The molecule has 0 aromatic carbocycles. The molecule has 408 valence electrons. The van der Waals surface area contributed by atoms with Crippen molar-refractivity contribution in [2.24, 2.45) is 32.5 Å². The van der Waals surface area contributed by atoms with E-state index in [2.05, 4.69) is 54.7 Å². The standard InChI is InChI=1S/C57H80N8O10/c1-8-40-36(4)45-31-47-38(6)42(55(64-47)43-30-51(66)54-39(7)48(65-56(43)54)33-50-41(9-2)37(5)46(62-50)32-49(40)61-45)15-16-52(67)63-44(57(69)70)14-10-11-19-59-35(3)17-23-73-28-29-75-34-53(68)60-20-13-22-72-25-27-74-26-24-71-21-12-18-58/h8,17,23,31-33,35,38,42,44,59,64,66H,1,9-16,18-22,24-30,34,58H2,2-7H3,(H,60,68)(H,63,67)(H,69,70)/b23-17+,47-31?,49-32?,50-33?,55-43?/t35?,38-,42?,44?/m0/s1. The Morgan fingerprint density at radius 1 is 0.867 bits per heavy atom. The van der Waals surface area contributed by atoms with Crippen LogP contribution in [0, 0.1) is 11.8 Å². The number of carbonyl (C=O) groups excluding carboxylic acids is 2. The van der Waals surface area contributed by atoms with Gasteiger partial charge < -0.3 is 60.9 Å². The lowest BCUT2D eigenvalue weighted by Gasteiger charge is -2.19. The summed E-state index contributed by atoms with van der Waals surface area (Å²) in [6.07, 6.45) is 16.1. The van der Waals surface area contributed by atoms with E-state index in [0.717, 1.165) is 97.5 Å². The molecule has 0 aromatic heterocycles. The number of fused-ring (bicyclic) bond motifs is 5. The van der Waals surface area contributed by atoms with Crippen LogP contribution in [-0.4, -0.2) is 136 Å². The lowest BCUT2D eigenvalue weighted by molar-refractivity contribution is -0.142. The second-order valence-corrected chi connectivity index (χ2v) is 19.4. The SMILES string of the molecule is C=CC1=C(C)C2=NC1=CC1=NC(=CC3=C(C)C4=C(O)CC(=C5NC(=C2)[C@@H](C)C5CCC(=O)NC(CCCCNC(C)/C=C/OCCOCC(=O)NCCCOCCOCCOCCCN)C(=O)O)C4=N3)C(CC)=C1C. The van der Waals surface area contributed by atoms with Crippen LogP contribution in [0.4, 0.5) is 0 Å². The van der Waals surface area contributed by atoms with Gasteiger partial charge in [0.05, 0.1) is 73.5 Å². The molecular weight excluding hydrogens is 957 g/mol. The average molecular weight is 1040 g/mol. The highest BCUT2D eigenvalue weighted by atomic mass is 16.5. The molecule has 0 radical (unpaired) electrons. The van der Waals surface area contributed by atoms with Crippen LogP contribution in [0.5, 0.6) is 0 Å². The number of amides is 2. The van der Waals surface area contributed by atoms with Gasteiger partial charge in [0.2, 0.25) is 11.8 Å². The zero-order valence-electron chi connectivity index (χ0n) is 44.9. The summed E-state index contributed by atoms with van der Waals surface area (Å²) >= 11 is 0. The van der Waals surface area contributed by atoms with E-state index in [-0.39, 0.29) is 68.1 Å². The van der Waals surface area contributed by atoms with Crippen molar-refractivity contribution >= 4 is 34.9 Å². The fourth-order valence-electron chi connectivity index (χ4n) is 9.76. The number of nitrogens with one attached hydrogen (secondary N) is 4. The van der Waals surface area contributed by atoms with E-state index >= 15 is 0 Å². The summed E-state index contributed by atoms with van der Waals surface area (Å²) in [5, 5.41) is 34.3. The number of carboxylic acids is 1. The molecule has 8 bridgehead atoms. The number of aliphatic carboxylic acids is 1. The third-order valence-corrected chi connectivity index (χ3v) is 14.1. The van der Waals surface area contributed by atoms with Crippen molar-refractivity contribution in [3.63, 3.8) is 0 Å². The van der Waals surface area contributed by atoms with Crippen LogP contribution in [0.1, 0.15) is 99.3 Å². The maximum atomic E-state index is 13.6. The first kappa shape index (κ1) is 58.2. The van der Waals surface area contributed by atoms with Crippen LogP contribution < -0.4 is 27.0 Å². The van der Waals surface area contributed by atoms with Crippen molar-refractivity contribution in [3.05, 3.63) is 116 Å². The van der Waals surface area contributed by atoms with E-state index in [1.54, 1.807) is 6.26 Å². The summed E-state index contributed by atoms with van der Waals surface area (Å²) in [6, 6.07) is -1.03. The molecule has 75 heavy (non-hydrogen) atoms. The van der Waals surface area contributed by atoms with Crippen LogP contribution in [0.25, 0.3) is 0 Å². The number of carbonyl (C=O) groups is 3. The van der Waals surface area contributed by atoms with Crippen LogP contribution in [-0.2, 0) is 38.1 Å². The van der Waals surface area contributed by atoms with E-state index in [0.29, 0.717) is 91.4 Å². The molecule has 0 aromatic rings. The van der Waals surface area contributed by atoms with Gasteiger partial charge in [-0.15, -0.1) is 0 Å². The van der Waals surface area contributed by atoms with Crippen molar-refractivity contribution in [2.75, 3.05) is 79.1 Å². The van der Waals surface area contributed by atoms with Crippen molar-refractivity contribution in [2.45, 2.75) is 111 Å². The van der Waals surface area contributed by atoms with Gasteiger partial charge in [-0.1, -0.05) is 26.5 Å². The Bertz CT molecular complexity index is 2520. The highest BCUT2D eigenvalue weighted by Gasteiger charge is 2.41. The lowest BCUT2D eigenvalue weighted by Crippen LogP contribution is -2.41. The van der Waals surface area contributed by atoms with Crippen LogP contribution in [0.2, 0.25) is 0 Å². The molecule has 18 nitrogen and oxygen atoms in total. The summed E-state index contributed by atoms with van der Waals surface area (Å²) in [6.45, 7) is 21.9. The summed E-state index contributed by atoms with van der Waals surface area (Å²) in [7, 11) is 0. The fraction of sp³-hybridized carbons (Fsp3) is 0.544. The molecule has 0 saturated carbocycles. The number of ether oxygens (including phenoxy) is 5. The number of nitrogens with two attached hydrogens (primary N) is 1. The molecule has 5 heterocycles. The normalized spacial score (nSPS) is 19.8. The monoisotopic (exact) mass is 1040 g/mol. The Labute approximate surface area is 442 Å². The molecule has 4 atom stereocenters.